The molecule has 0 fully saturated rings. The van der Waals surface area contributed by atoms with E-state index < -0.39 is 0 Å². The fourth-order valence-electron chi connectivity index (χ4n) is 0.913. The molecular weight excluding hydrogens is 152 g/mol. The van der Waals surface area contributed by atoms with Crippen LogP contribution in [-0.2, 0) is 0 Å². The number of thioether (sulfide) groups is 1. The van der Waals surface area contributed by atoms with Gasteiger partial charge in [0.1, 0.15) is 0 Å². The summed E-state index contributed by atoms with van der Waals surface area (Å²) in [5, 5.41) is 0. The number of hydrogen-bond acceptors (Lipinski definition) is 1. The van der Waals surface area contributed by atoms with Crippen LogP contribution in [0.1, 0.15) is 40.5 Å². The van der Waals surface area contributed by atoms with Crippen molar-refractivity contribution in [2.45, 2.75) is 40.5 Å². The fourth-order valence-corrected chi connectivity index (χ4v) is 1.92. The lowest BCUT2D eigenvalue weighted by Crippen LogP contribution is -1.94. The predicted octanol–water partition coefficient (Wildman–Crippen LogP) is 3.81. The van der Waals surface area contributed by atoms with Crippen LogP contribution >= 0.6 is 11.8 Å². The zero-order chi connectivity index (χ0) is 8.69. The van der Waals surface area contributed by atoms with Crippen molar-refractivity contribution in [2.24, 2.45) is 11.8 Å². The van der Waals surface area contributed by atoms with Gasteiger partial charge in [0.2, 0.25) is 0 Å². The molecule has 0 saturated heterocycles. The molecule has 0 bridgehead atoms. The summed E-state index contributed by atoms with van der Waals surface area (Å²) in [7, 11) is 0. The van der Waals surface area contributed by atoms with Gasteiger partial charge in [0.25, 0.3) is 0 Å². The molecule has 0 aliphatic carbocycles. The molecule has 0 atom stereocenters. The Morgan fingerprint density at radius 3 is 2.09 bits per heavy atom. The average molecular weight is 174 g/mol. The summed E-state index contributed by atoms with van der Waals surface area (Å²) in [4.78, 5) is 0. The Hall–Kier alpha value is 0.350. The van der Waals surface area contributed by atoms with Crippen LogP contribution in [0.3, 0.4) is 0 Å². The molecule has 0 saturated carbocycles. The van der Waals surface area contributed by atoms with Gasteiger partial charge in [0, 0.05) is 0 Å². The molecule has 0 radical (unpaired) electrons. The second-order valence-electron chi connectivity index (χ2n) is 4.00. The van der Waals surface area contributed by atoms with Crippen molar-refractivity contribution in [2.75, 3.05) is 11.5 Å². The van der Waals surface area contributed by atoms with E-state index in [0.29, 0.717) is 0 Å². The van der Waals surface area contributed by atoms with Gasteiger partial charge in [-0.3, -0.25) is 0 Å². The van der Waals surface area contributed by atoms with Crippen LogP contribution in [0.5, 0.6) is 0 Å². The SMILES string of the molecule is CC(C)CCCSCC(C)C. The maximum Gasteiger partial charge on any atom is -0.00444 e. The van der Waals surface area contributed by atoms with Gasteiger partial charge in [0.05, 0.1) is 0 Å². The van der Waals surface area contributed by atoms with E-state index in [4.69, 9.17) is 0 Å². The molecule has 0 N–H and O–H groups in total. The Labute approximate surface area is 76.1 Å². The molecule has 0 aromatic carbocycles. The molecule has 0 aliphatic heterocycles. The smallest absolute Gasteiger partial charge is 0.00444 e. The van der Waals surface area contributed by atoms with Gasteiger partial charge in [-0.1, -0.05) is 34.1 Å². The largest absolute Gasteiger partial charge is 0.162 e. The molecule has 1 heteroatoms. The molecule has 0 spiro atoms. The zero-order valence-corrected chi connectivity index (χ0v) is 9.21. The molecule has 0 aromatic heterocycles. The van der Waals surface area contributed by atoms with E-state index in [-0.39, 0.29) is 0 Å². The highest BCUT2D eigenvalue weighted by molar-refractivity contribution is 7.99. The average Bonchev–Trinajstić information content (AvgIpc) is 1.85. The first-order chi connectivity index (χ1) is 5.13. The number of hydrogen-bond donors (Lipinski definition) is 0. The van der Waals surface area contributed by atoms with E-state index in [1.807, 2.05) is 0 Å². The Balaban J connectivity index is 2.91. The summed E-state index contributed by atoms with van der Waals surface area (Å²) in [5.74, 6) is 4.43. The Morgan fingerprint density at radius 2 is 1.64 bits per heavy atom. The van der Waals surface area contributed by atoms with Gasteiger partial charge in [-0.05, 0) is 29.8 Å². The molecular formula is C10H22S. The first-order valence-electron chi connectivity index (χ1n) is 4.70. The van der Waals surface area contributed by atoms with Crippen LogP contribution in [0, 0.1) is 11.8 Å². The molecule has 11 heavy (non-hydrogen) atoms. The van der Waals surface area contributed by atoms with E-state index in [1.54, 1.807) is 0 Å². The van der Waals surface area contributed by atoms with Crippen molar-refractivity contribution in [3.63, 3.8) is 0 Å². The summed E-state index contributed by atoms with van der Waals surface area (Å²) in [6, 6.07) is 0. The standard InChI is InChI=1S/C10H22S/c1-9(2)6-5-7-11-8-10(3)4/h9-10H,5-8H2,1-4H3. The van der Waals surface area contributed by atoms with E-state index in [2.05, 4.69) is 39.5 Å². The predicted molar refractivity (Wildman–Crippen MR) is 56.2 cm³/mol. The van der Waals surface area contributed by atoms with E-state index >= 15 is 0 Å². The van der Waals surface area contributed by atoms with Gasteiger partial charge in [0.15, 0.2) is 0 Å². The van der Waals surface area contributed by atoms with Crippen LogP contribution in [0.2, 0.25) is 0 Å². The second kappa shape index (κ2) is 7.02. The molecule has 0 aromatic rings. The molecule has 0 unspecified atom stereocenters. The highest BCUT2D eigenvalue weighted by Gasteiger charge is 1.96. The quantitative estimate of drug-likeness (QED) is 0.552. The first kappa shape index (κ1) is 11.4. The minimum atomic E-state index is 0.860. The molecule has 68 valence electrons. The lowest BCUT2D eigenvalue weighted by molar-refractivity contribution is 0.579. The summed E-state index contributed by atoms with van der Waals surface area (Å²) in [6.45, 7) is 9.17. The van der Waals surface area contributed by atoms with E-state index in [9.17, 15) is 0 Å². The Bertz CT molecular complexity index is 66.9. The summed E-state index contributed by atoms with van der Waals surface area (Å²) in [5.41, 5.74) is 0. The van der Waals surface area contributed by atoms with Crippen molar-refractivity contribution in [1.29, 1.82) is 0 Å². The molecule has 0 nitrogen and oxygen atoms in total. The third-order valence-corrected chi connectivity index (χ3v) is 3.00. The van der Waals surface area contributed by atoms with Crippen LogP contribution in [0.15, 0.2) is 0 Å². The van der Waals surface area contributed by atoms with Crippen LogP contribution in [-0.4, -0.2) is 11.5 Å². The Morgan fingerprint density at radius 1 is 1.00 bits per heavy atom. The molecule has 0 aliphatic rings. The second-order valence-corrected chi connectivity index (χ2v) is 5.15. The maximum absolute atomic E-state index is 2.30. The first-order valence-corrected chi connectivity index (χ1v) is 5.86. The van der Waals surface area contributed by atoms with E-state index in [1.165, 1.54) is 24.3 Å². The molecule has 0 rings (SSSR count). The van der Waals surface area contributed by atoms with Gasteiger partial charge in [-0.15, -0.1) is 0 Å². The highest BCUT2D eigenvalue weighted by atomic mass is 32.2. The van der Waals surface area contributed by atoms with Crippen molar-refractivity contribution in [1.82, 2.24) is 0 Å². The van der Waals surface area contributed by atoms with Gasteiger partial charge < -0.3 is 0 Å². The monoisotopic (exact) mass is 174 g/mol. The fraction of sp³-hybridized carbons (Fsp3) is 1.00. The summed E-state index contributed by atoms with van der Waals surface area (Å²) < 4.78 is 0. The van der Waals surface area contributed by atoms with Crippen molar-refractivity contribution < 1.29 is 0 Å². The highest BCUT2D eigenvalue weighted by Crippen LogP contribution is 2.12. The van der Waals surface area contributed by atoms with Crippen LogP contribution < -0.4 is 0 Å². The van der Waals surface area contributed by atoms with Gasteiger partial charge >= 0.3 is 0 Å². The van der Waals surface area contributed by atoms with Crippen molar-refractivity contribution in [3.05, 3.63) is 0 Å². The Kier molecular flexibility index (Phi) is 7.25. The third kappa shape index (κ3) is 10.4. The van der Waals surface area contributed by atoms with Gasteiger partial charge in [-0.2, -0.15) is 11.8 Å². The summed E-state index contributed by atoms with van der Waals surface area (Å²) >= 11 is 2.10. The van der Waals surface area contributed by atoms with Gasteiger partial charge in [-0.25, -0.2) is 0 Å². The minimum absolute atomic E-state index is 0.860. The van der Waals surface area contributed by atoms with Crippen molar-refractivity contribution in [3.8, 4) is 0 Å². The maximum atomic E-state index is 2.30. The van der Waals surface area contributed by atoms with Crippen molar-refractivity contribution >= 4 is 11.8 Å². The van der Waals surface area contributed by atoms with Crippen LogP contribution in [0.4, 0.5) is 0 Å². The summed E-state index contributed by atoms with van der Waals surface area (Å²) in [6.07, 6.45) is 2.79. The zero-order valence-electron chi connectivity index (χ0n) is 8.39. The molecule has 0 amide bonds. The topological polar surface area (TPSA) is 0 Å². The van der Waals surface area contributed by atoms with Crippen LogP contribution in [0.25, 0.3) is 0 Å². The minimum Gasteiger partial charge on any atom is -0.162 e. The molecule has 0 heterocycles. The lowest BCUT2D eigenvalue weighted by atomic mass is 10.1. The number of rotatable bonds is 6. The van der Waals surface area contributed by atoms with E-state index in [0.717, 1.165) is 11.8 Å². The lowest BCUT2D eigenvalue weighted by Gasteiger charge is -2.05. The third-order valence-electron chi connectivity index (χ3n) is 1.52. The normalized spacial score (nSPS) is 11.5.